The van der Waals surface area contributed by atoms with Crippen molar-refractivity contribution in [3.05, 3.63) is 64.7 Å². The molecule has 0 saturated heterocycles. The van der Waals surface area contributed by atoms with Crippen LogP contribution in [0.3, 0.4) is 0 Å². The number of halogens is 1. The number of benzene rings is 2. The molecule has 2 aromatic carbocycles. The van der Waals surface area contributed by atoms with Crippen molar-refractivity contribution in [2.45, 2.75) is 6.42 Å². The highest BCUT2D eigenvalue weighted by molar-refractivity contribution is 6.30. The number of fused-ring (bicyclic) bond motifs is 2. The van der Waals surface area contributed by atoms with Crippen molar-refractivity contribution in [2.24, 2.45) is 0 Å². The van der Waals surface area contributed by atoms with Gasteiger partial charge in [0.15, 0.2) is 11.6 Å². The Morgan fingerprint density at radius 2 is 1.44 bits per heavy atom. The van der Waals surface area contributed by atoms with Crippen LogP contribution in [0, 0.1) is 0 Å². The highest BCUT2D eigenvalue weighted by Gasteiger charge is 2.31. The Balaban J connectivity index is 1.58. The summed E-state index contributed by atoms with van der Waals surface area (Å²) in [6.45, 7) is 2.81. The number of carbonyl (C=O) groups excluding carboxylic acids is 2. The Kier molecular flexibility index (Phi) is 6.98. The van der Waals surface area contributed by atoms with Crippen LogP contribution in [0.2, 0.25) is 0 Å². The molecule has 0 aliphatic heterocycles. The molecule has 1 aliphatic rings. The summed E-state index contributed by atoms with van der Waals surface area (Å²) in [5.41, 5.74) is 2.53. The van der Waals surface area contributed by atoms with Crippen molar-refractivity contribution in [3.8, 4) is 0 Å². The summed E-state index contributed by atoms with van der Waals surface area (Å²) in [6, 6.07) is 12.3. The van der Waals surface area contributed by atoms with Gasteiger partial charge in [0.05, 0.1) is 25.4 Å². The Labute approximate surface area is 163 Å². The van der Waals surface area contributed by atoms with Crippen molar-refractivity contribution >= 4 is 28.9 Å². The van der Waals surface area contributed by atoms with Crippen LogP contribution in [0.15, 0.2) is 42.5 Å². The SMILES string of the molecule is O=C1c2ccccc2C(=O)c2c(NCCCOCCOCCCl)cccc21. The average molecular weight is 388 g/mol. The average Bonchev–Trinajstić information content (AvgIpc) is 2.70. The van der Waals surface area contributed by atoms with Gasteiger partial charge in [-0.1, -0.05) is 36.4 Å². The van der Waals surface area contributed by atoms with E-state index in [1.165, 1.54) is 0 Å². The lowest BCUT2D eigenvalue weighted by Crippen LogP contribution is -2.22. The normalized spacial score (nSPS) is 12.6. The monoisotopic (exact) mass is 387 g/mol. The fraction of sp³-hybridized carbons (Fsp3) is 0.333. The van der Waals surface area contributed by atoms with Gasteiger partial charge in [-0.05, 0) is 12.5 Å². The highest BCUT2D eigenvalue weighted by atomic mass is 35.5. The van der Waals surface area contributed by atoms with Crippen LogP contribution in [-0.2, 0) is 9.47 Å². The van der Waals surface area contributed by atoms with Gasteiger partial charge in [-0.15, -0.1) is 11.6 Å². The van der Waals surface area contributed by atoms with Crippen LogP contribution in [0.4, 0.5) is 5.69 Å². The zero-order valence-corrected chi connectivity index (χ0v) is 15.8. The third-order valence-electron chi connectivity index (χ3n) is 4.33. The molecule has 1 N–H and O–H groups in total. The molecule has 1 aliphatic carbocycles. The number of hydrogen-bond acceptors (Lipinski definition) is 5. The predicted molar refractivity (Wildman–Crippen MR) is 105 cm³/mol. The molecule has 0 fully saturated rings. The summed E-state index contributed by atoms with van der Waals surface area (Å²) in [5.74, 6) is 0.261. The molecule has 2 aromatic rings. The molecule has 5 nitrogen and oxygen atoms in total. The number of alkyl halides is 1. The van der Waals surface area contributed by atoms with E-state index < -0.39 is 0 Å². The highest BCUT2D eigenvalue weighted by Crippen LogP contribution is 2.31. The minimum atomic E-state index is -0.115. The third kappa shape index (κ3) is 4.56. The maximum absolute atomic E-state index is 12.9. The molecule has 0 bridgehead atoms. The Bertz CT molecular complexity index is 822. The molecule has 3 rings (SSSR count). The number of nitrogens with one attached hydrogen (secondary N) is 1. The van der Waals surface area contributed by atoms with E-state index in [9.17, 15) is 9.59 Å². The lowest BCUT2D eigenvalue weighted by molar-refractivity contribution is 0.0535. The molecule has 0 spiro atoms. The van der Waals surface area contributed by atoms with Gasteiger partial charge in [-0.2, -0.15) is 0 Å². The topological polar surface area (TPSA) is 64.6 Å². The largest absolute Gasteiger partial charge is 0.384 e. The molecule has 0 atom stereocenters. The van der Waals surface area contributed by atoms with E-state index in [0.717, 1.165) is 6.42 Å². The summed E-state index contributed by atoms with van der Waals surface area (Å²) < 4.78 is 10.7. The summed E-state index contributed by atoms with van der Waals surface area (Å²) in [6.07, 6.45) is 0.776. The number of carbonyl (C=O) groups is 2. The predicted octanol–water partition coefficient (Wildman–Crippen LogP) is 3.54. The van der Waals surface area contributed by atoms with Gasteiger partial charge in [0.2, 0.25) is 0 Å². The fourth-order valence-electron chi connectivity index (χ4n) is 3.07. The first-order chi connectivity index (χ1) is 13.2. The first-order valence-corrected chi connectivity index (χ1v) is 9.54. The quantitative estimate of drug-likeness (QED) is 0.426. The standard InChI is InChI=1S/C21H22ClNO4/c22-9-12-27-14-13-26-11-4-10-23-18-8-3-7-17-19(18)21(25)16-6-2-1-5-15(16)20(17)24/h1-3,5-8,23H,4,9-14H2. The van der Waals surface area contributed by atoms with Gasteiger partial charge in [-0.25, -0.2) is 0 Å². The number of ketones is 2. The van der Waals surface area contributed by atoms with E-state index in [-0.39, 0.29) is 11.6 Å². The Morgan fingerprint density at radius 3 is 2.19 bits per heavy atom. The molecule has 0 heterocycles. The van der Waals surface area contributed by atoms with E-state index in [2.05, 4.69) is 5.32 Å². The number of rotatable bonds is 10. The van der Waals surface area contributed by atoms with Gasteiger partial charge in [0.25, 0.3) is 0 Å². The lowest BCUT2D eigenvalue weighted by atomic mass is 9.83. The number of anilines is 1. The maximum atomic E-state index is 12.9. The zero-order chi connectivity index (χ0) is 19.1. The fourth-order valence-corrected chi connectivity index (χ4v) is 3.18. The molecular formula is C21H22ClNO4. The van der Waals surface area contributed by atoms with Gasteiger partial charge < -0.3 is 14.8 Å². The Hall–Kier alpha value is -2.21. The summed E-state index contributed by atoms with van der Waals surface area (Å²) >= 11 is 5.52. The first-order valence-electron chi connectivity index (χ1n) is 9.01. The van der Waals surface area contributed by atoms with Crippen LogP contribution in [0.25, 0.3) is 0 Å². The number of ether oxygens (including phenoxy) is 2. The van der Waals surface area contributed by atoms with Gasteiger partial charge in [0.1, 0.15) is 0 Å². The smallest absolute Gasteiger partial charge is 0.196 e. The summed E-state index contributed by atoms with van der Waals surface area (Å²) in [7, 11) is 0. The summed E-state index contributed by atoms with van der Waals surface area (Å²) in [4.78, 5) is 25.6. The van der Waals surface area contributed by atoms with E-state index >= 15 is 0 Å². The first kappa shape index (κ1) is 19.5. The molecule has 0 aromatic heterocycles. The van der Waals surface area contributed by atoms with Crippen LogP contribution in [-0.4, -0.2) is 50.4 Å². The lowest BCUT2D eigenvalue weighted by Gasteiger charge is -2.20. The zero-order valence-electron chi connectivity index (χ0n) is 15.0. The van der Waals surface area contributed by atoms with Gasteiger partial charge in [0, 0.05) is 41.4 Å². The minimum Gasteiger partial charge on any atom is -0.384 e. The molecule has 0 amide bonds. The molecule has 27 heavy (non-hydrogen) atoms. The van der Waals surface area contributed by atoms with Crippen molar-refractivity contribution in [2.75, 3.05) is 44.2 Å². The van der Waals surface area contributed by atoms with Gasteiger partial charge in [-0.3, -0.25) is 9.59 Å². The van der Waals surface area contributed by atoms with E-state index in [1.807, 2.05) is 6.07 Å². The van der Waals surface area contributed by atoms with Crippen LogP contribution in [0.5, 0.6) is 0 Å². The van der Waals surface area contributed by atoms with Crippen LogP contribution >= 0.6 is 11.6 Å². The second kappa shape index (κ2) is 9.65. The summed E-state index contributed by atoms with van der Waals surface area (Å²) in [5, 5.41) is 3.26. The van der Waals surface area contributed by atoms with Crippen molar-refractivity contribution in [1.29, 1.82) is 0 Å². The third-order valence-corrected chi connectivity index (χ3v) is 4.48. The van der Waals surface area contributed by atoms with Crippen molar-refractivity contribution in [3.63, 3.8) is 0 Å². The Morgan fingerprint density at radius 1 is 0.778 bits per heavy atom. The second-order valence-corrected chi connectivity index (χ2v) is 6.50. The minimum absolute atomic E-state index is 0.107. The molecular weight excluding hydrogens is 366 g/mol. The molecule has 6 heteroatoms. The van der Waals surface area contributed by atoms with Crippen molar-refractivity contribution < 1.29 is 19.1 Å². The number of hydrogen-bond donors (Lipinski definition) is 1. The van der Waals surface area contributed by atoms with E-state index in [4.69, 9.17) is 21.1 Å². The molecule has 0 unspecified atom stereocenters. The molecule has 0 radical (unpaired) electrons. The van der Waals surface area contributed by atoms with Crippen LogP contribution in [0.1, 0.15) is 38.3 Å². The van der Waals surface area contributed by atoms with Crippen molar-refractivity contribution in [1.82, 2.24) is 0 Å². The molecule has 0 saturated carbocycles. The van der Waals surface area contributed by atoms with E-state index in [1.54, 1.807) is 36.4 Å². The second-order valence-electron chi connectivity index (χ2n) is 6.13. The van der Waals surface area contributed by atoms with Crippen LogP contribution < -0.4 is 5.32 Å². The van der Waals surface area contributed by atoms with Gasteiger partial charge >= 0.3 is 0 Å². The maximum Gasteiger partial charge on any atom is 0.196 e. The molecule has 142 valence electrons. The van der Waals surface area contributed by atoms with E-state index in [0.29, 0.717) is 66.8 Å².